The number of carbonyl (C=O) groups is 2. The highest BCUT2D eigenvalue weighted by atomic mass is 79.9. The van der Waals surface area contributed by atoms with Crippen LogP contribution in [0.5, 0.6) is 0 Å². The van der Waals surface area contributed by atoms with E-state index in [0.29, 0.717) is 5.92 Å². The van der Waals surface area contributed by atoms with E-state index in [1.165, 1.54) is 0 Å². The van der Waals surface area contributed by atoms with Crippen LogP contribution in [0.4, 0.5) is 5.69 Å². The lowest BCUT2D eigenvalue weighted by atomic mass is 10.1. The molecule has 3 rings (SSSR count). The second-order valence-corrected chi connectivity index (χ2v) is 5.61. The number of nitrogens with zero attached hydrogens (tertiary/aromatic N) is 1. The average Bonchev–Trinajstić information content (AvgIpc) is 3.17. The van der Waals surface area contributed by atoms with Crippen molar-refractivity contribution in [1.82, 2.24) is 5.32 Å². The number of hydrogen-bond acceptors (Lipinski definition) is 2. The van der Waals surface area contributed by atoms with Gasteiger partial charge in [0.1, 0.15) is 12.6 Å². The molecule has 1 aliphatic heterocycles. The molecule has 18 heavy (non-hydrogen) atoms. The van der Waals surface area contributed by atoms with Crippen LogP contribution in [-0.4, -0.2) is 24.4 Å². The molecular weight excluding hydrogens is 296 g/mol. The van der Waals surface area contributed by atoms with Gasteiger partial charge in [0.05, 0.1) is 5.69 Å². The number of hydrogen-bond donors (Lipinski definition) is 1. The van der Waals surface area contributed by atoms with Crippen LogP contribution in [0.25, 0.3) is 0 Å². The molecule has 94 valence electrons. The van der Waals surface area contributed by atoms with Crippen LogP contribution in [0.15, 0.2) is 28.7 Å². The predicted molar refractivity (Wildman–Crippen MR) is 71.1 cm³/mol. The lowest BCUT2D eigenvalue weighted by molar-refractivity contribution is -0.131. The summed E-state index contributed by atoms with van der Waals surface area (Å²) in [6, 6.07) is 7.15. The minimum absolute atomic E-state index is 0.00370. The Morgan fingerprint density at radius 2 is 1.94 bits per heavy atom. The van der Waals surface area contributed by atoms with Crippen LogP contribution in [0.3, 0.4) is 0 Å². The summed E-state index contributed by atoms with van der Waals surface area (Å²) in [6.07, 6.45) is 2.06. The van der Waals surface area contributed by atoms with Crippen molar-refractivity contribution in [1.29, 1.82) is 0 Å². The molecule has 1 N–H and O–H groups in total. The number of amides is 2. The van der Waals surface area contributed by atoms with Crippen LogP contribution in [0.2, 0.25) is 0 Å². The zero-order chi connectivity index (χ0) is 12.7. The summed E-state index contributed by atoms with van der Waals surface area (Å²) >= 11 is 3.43. The molecule has 4 nitrogen and oxygen atoms in total. The summed E-state index contributed by atoms with van der Waals surface area (Å²) in [4.78, 5) is 25.7. The number of piperazine rings is 1. The van der Waals surface area contributed by atoms with Crippen molar-refractivity contribution >= 4 is 33.4 Å². The van der Waals surface area contributed by atoms with Gasteiger partial charge in [0, 0.05) is 4.47 Å². The van der Waals surface area contributed by atoms with Crippen molar-refractivity contribution in [3.8, 4) is 0 Å². The maximum atomic E-state index is 12.4. The molecule has 2 amide bonds. The van der Waals surface area contributed by atoms with Crippen molar-refractivity contribution in [3.63, 3.8) is 0 Å². The molecule has 0 radical (unpaired) electrons. The Labute approximate surface area is 113 Å². The summed E-state index contributed by atoms with van der Waals surface area (Å²) in [6.45, 7) is 0.102. The number of carbonyl (C=O) groups excluding carboxylic acids is 2. The second kappa shape index (κ2) is 4.39. The Balaban J connectivity index is 1.93. The van der Waals surface area contributed by atoms with Crippen molar-refractivity contribution in [2.24, 2.45) is 5.92 Å². The van der Waals surface area contributed by atoms with Gasteiger partial charge in [-0.15, -0.1) is 0 Å². The van der Waals surface area contributed by atoms with Crippen LogP contribution < -0.4 is 10.2 Å². The van der Waals surface area contributed by atoms with E-state index in [-0.39, 0.29) is 24.4 Å². The molecule has 1 atom stereocenters. The van der Waals surface area contributed by atoms with E-state index in [2.05, 4.69) is 21.2 Å². The summed E-state index contributed by atoms with van der Waals surface area (Å²) in [5.41, 5.74) is 0.767. The molecule has 2 aliphatic rings. The predicted octanol–water partition coefficient (Wildman–Crippen LogP) is 1.69. The number of benzene rings is 1. The van der Waals surface area contributed by atoms with Crippen LogP contribution >= 0.6 is 15.9 Å². The van der Waals surface area contributed by atoms with E-state index >= 15 is 0 Å². The SMILES string of the molecule is O=C1CN(c2ccccc2Br)C(=O)C(C2CC2)N1. The van der Waals surface area contributed by atoms with Crippen LogP contribution in [0.1, 0.15) is 12.8 Å². The Bertz CT molecular complexity index is 513. The molecule has 1 unspecified atom stereocenters. The average molecular weight is 309 g/mol. The molecule has 1 aromatic rings. The zero-order valence-corrected chi connectivity index (χ0v) is 11.3. The van der Waals surface area contributed by atoms with Gasteiger partial charge in [-0.3, -0.25) is 9.59 Å². The fourth-order valence-electron chi connectivity index (χ4n) is 2.29. The van der Waals surface area contributed by atoms with Crippen LogP contribution in [0, 0.1) is 5.92 Å². The topological polar surface area (TPSA) is 49.4 Å². The van der Waals surface area contributed by atoms with Crippen molar-refractivity contribution in [2.45, 2.75) is 18.9 Å². The van der Waals surface area contributed by atoms with Gasteiger partial charge in [0.15, 0.2) is 0 Å². The first-order valence-electron chi connectivity index (χ1n) is 6.02. The molecule has 5 heteroatoms. The Morgan fingerprint density at radius 1 is 1.22 bits per heavy atom. The van der Waals surface area contributed by atoms with Crippen molar-refractivity contribution in [3.05, 3.63) is 28.7 Å². The monoisotopic (exact) mass is 308 g/mol. The number of anilines is 1. The van der Waals surface area contributed by atoms with Gasteiger partial charge >= 0.3 is 0 Å². The third-order valence-corrected chi connectivity index (χ3v) is 4.06. The zero-order valence-electron chi connectivity index (χ0n) is 9.73. The maximum Gasteiger partial charge on any atom is 0.250 e. The van der Waals surface area contributed by atoms with E-state index in [1.54, 1.807) is 4.90 Å². The number of halogens is 1. The first-order chi connectivity index (χ1) is 8.66. The van der Waals surface area contributed by atoms with Crippen molar-refractivity contribution < 1.29 is 9.59 Å². The van der Waals surface area contributed by atoms with Crippen LogP contribution in [-0.2, 0) is 9.59 Å². The third-order valence-electron chi connectivity index (χ3n) is 3.39. The van der Waals surface area contributed by atoms with Crippen molar-refractivity contribution in [2.75, 3.05) is 11.4 Å². The molecule has 1 aliphatic carbocycles. The second-order valence-electron chi connectivity index (χ2n) is 4.76. The Kier molecular flexibility index (Phi) is 2.86. The quantitative estimate of drug-likeness (QED) is 0.904. The highest BCUT2D eigenvalue weighted by molar-refractivity contribution is 9.10. The van der Waals surface area contributed by atoms with Gasteiger partial charge in [-0.1, -0.05) is 12.1 Å². The number of nitrogens with one attached hydrogen (secondary N) is 1. The van der Waals surface area contributed by atoms with Gasteiger partial charge in [0.2, 0.25) is 11.8 Å². The van der Waals surface area contributed by atoms with E-state index in [0.717, 1.165) is 23.0 Å². The molecule has 1 heterocycles. The van der Waals surface area contributed by atoms with E-state index in [9.17, 15) is 9.59 Å². The highest BCUT2D eigenvalue weighted by Crippen LogP contribution is 2.36. The maximum absolute atomic E-state index is 12.4. The molecule has 0 spiro atoms. The van der Waals surface area contributed by atoms with E-state index < -0.39 is 0 Å². The molecule has 2 fully saturated rings. The fraction of sp³-hybridized carbons (Fsp3) is 0.385. The van der Waals surface area contributed by atoms with Gasteiger partial charge in [0.25, 0.3) is 0 Å². The first-order valence-corrected chi connectivity index (χ1v) is 6.81. The Hall–Kier alpha value is -1.36. The molecule has 1 saturated heterocycles. The number of para-hydroxylation sites is 1. The van der Waals surface area contributed by atoms with Gasteiger partial charge in [-0.05, 0) is 46.8 Å². The summed E-state index contributed by atoms with van der Waals surface area (Å²) < 4.78 is 0.836. The summed E-state index contributed by atoms with van der Waals surface area (Å²) in [7, 11) is 0. The fourth-order valence-corrected chi connectivity index (χ4v) is 2.79. The molecule has 0 bridgehead atoms. The lowest BCUT2D eigenvalue weighted by Gasteiger charge is -2.33. The van der Waals surface area contributed by atoms with E-state index in [4.69, 9.17) is 0 Å². The smallest absolute Gasteiger partial charge is 0.250 e. The largest absolute Gasteiger partial charge is 0.342 e. The Morgan fingerprint density at radius 3 is 2.61 bits per heavy atom. The summed E-state index contributed by atoms with van der Waals surface area (Å²) in [5.74, 6) is 0.248. The molecule has 1 aromatic carbocycles. The normalized spacial score (nSPS) is 24.1. The number of rotatable bonds is 2. The molecule has 0 aromatic heterocycles. The van der Waals surface area contributed by atoms with Gasteiger partial charge in [-0.25, -0.2) is 0 Å². The highest BCUT2D eigenvalue weighted by Gasteiger charge is 2.43. The third kappa shape index (κ3) is 2.03. The van der Waals surface area contributed by atoms with E-state index in [1.807, 2.05) is 24.3 Å². The minimum atomic E-state index is -0.335. The lowest BCUT2D eigenvalue weighted by Crippen LogP contribution is -2.59. The summed E-state index contributed by atoms with van der Waals surface area (Å²) in [5, 5.41) is 2.80. The van der Waals surface area contributed by atoms with Gasteiger partial charge in [-0.2, -0.15) is 0 Å². The first kappa shape index (κ1) is 11.7. The molecule has 1 saturated carbocycles. The van der Waals surface area contributed by atoms with Gasteiger partial charge < -0.3 is 10.2 Å². The standard InChI is InChI=1S/C13H13BrN2O2/c14-9-3-1-2-4-10(9)16-7-11(17)15-12(13(16)18)8-5-6-8/h1-4,8,12H,5-7H2,(H,15,17). The minimum Gasteiger partial charge on any atom is -0.342 e. The molecular formula is C13H13BrN2O2.